The Bertz CT molecular complexity index is 299. The third-order valence-electron chi connectivity index (χ3n) is 4.18. The van der Waals surface area contributed by atoms with Crippen LogP contribution in [0.15, 0.2) is 0 Å². The second-order valence-corrected chi connectivity index (χ2v) is 7.51. The van der Waals surface area contributed by atoms with Gasteiger partial charge in [0.15, 0.2) is 0 Å². The molecule has 0 aromatic heterocycles. The van der Waals surface area contributed by atoms with Crippen LogP contribution in [0.3, 0.4) is 0 Å². The summed E-state index contributed by atoms with van der Waals surface area (Å²) in [6.07, 6.45) is 2.83. The van der Waals surface area contributed by atoms with E-state index in [1.54, 1.807) is 0 Å². The van der Waals surface area contributed by atoms with Crippen LogP contribution in [0.2, 0.25) is 0 Å². The molecule has 0 radical (unpaired) electrons. The van der Waals surface area contributed by atoms with Gasteiger partial charge in [0.25, 0.3) is 0 Å². The number of carbonyl (C=O) groups is 1. The van der Waals surface area contributed by atoms with Crippen molar-refractivity contribution in [1.29, 1.82) is 0 Å². The minimum Gasteiger partial charge on any atom is -0.355 e. The summed E-state index contributed by atoms with van der Waals surface area (Å²) >= 11 is 0. The van der Waals surface area contributed by atoms with Gasteiger partial charge in [-0.15, -0.1) is 0 Å². The highest BCUT2D eigenvalue weighted by molar-refractivity contribution is 5.77. The van der Waals surface area contributed by atoms with Crippen molar-refractivity contribution in [3.05, 3.63) is 0 Å². The van der Waals surface area contributed by atoms with Crippen LogP contribution in [0.25, 0.3) is 0 Å². The smallest absolute Gasteiger partial charge is 0.221 e. The number of likely N-dealkylation sites (tertiary alicyclic amines) is 1. The van der Waals surface area contributed by atoms with E-state index in [-0.39, 0.29) is 11.3 Å². The summed E-state index contributed by atoms with van der Waals surface area (Å²) in [6, 6.07) is 0. The molecule has 1 amide bonds. The molecule has 112 valence electrons. The van der Waals surface area contributed by atoms with Gasteiger partial charge in [-0.05, 0) is 58.2 Å². The molecule has 0 aromatic carbocycles. The lowest BCUT2D eigenvalue weighted by Crippen LogP contribution is -2.45. The lowest BCUT2D eigenvalue weighted by Gasteiger charge is -2.40. The Morgan fingerprint density at radius 1 is 1.26 bits per heavy atom. The standard InChI is InChI=1S/C15H31N3O/c1-14(2,12-6-8-18(5)9-7-12)11-17-13(19)10-15(3,4)16/h12H,6-11,16H2,1-5H3,(H,17,19). The van der Waals surface area contributed by atoms with Crippen molar-refractivity contribution >= 4 is 5.91 Å². The van der Waals surface area contributed by atoms with Gasteiger partial charge in [-0.25, -0.2) is 0 Å². The first-order chi connectivity index (χ1) is 8.60. The van der Waals surface area contributed by atoms with Gasteiger partial charge in [-0.1, -0.05) is 13.8 Å². The topological polar surface area (TPSA) is 58.4 Å². The monoisotopic (exact) mass is 269 g/mol. The summed E-state index contributed by atoms with van der Waals surface area (Å²) in [4.78, 5) is 14.2. The van der Waals surface area contributed by atoms with Gasteiger partial charge in [0, 0.05) is 18.5 Å². The van der Waals surface area contributed by atoms with E-state index in [0.29, 0.717) is 12.3 Å². The van der Waals surface area contributed by atoms with Gasteiger partial charge in [0.2, 0.25) is 5.91 Å². The predicted molar refractivity (Wildman–Crippen MR) is 79.9 cm³/mol. The molecule has 1 aliphatic rings. The number of piperidine rings is 1. The van der Waals surface area contributed by atoms with Crippen molar-refractivity contribution in [3.63, 3.8) is 0 Å². The zero-order valence-electron chi connectivity index (χ0n) is 13.3. The second kappa shape index (κ2) is 6.23. The molecule has 1 heterocycles. The first kappa shape index (κ1) is 16.4. The van der Waals surface area contributed by atoms with Gasteiger partial charge >= 0.3 is 0 Å². The molecule has 1 saturated heterocycles. The molecule has 0 bridgehead atoms. The summed E-state index contributed by atoms with van der Waals surface area (Å²) in [5.74, 6) is 0.753. The Morgan fingerprint density at radius 3 is 2.26 bits per heavy atom. The van der Waals surface area contributed by atoms with E-state index in [9.17, 15) is 4.79 Å². The summed E-state index contributed by atoms with van der Waals surface area (Å²) < 4.78 is 0. The molecule has 0 spiro atoms. The van der Waals surface area contributed by atoms with Gasteiger partial charge < -0.3 is 16.0 Å². The van der Waals surface area contributed by atoms with Crippen molar-refractivity contribution in [2.75, 3.05) is 26.7 Å². The molecule has 19 heavy (non-hydrogen) atoms. The van der Waals surface area contributed by atoms with Crippen LogP contribution >= 0.6 is 0 Å². The molecule has 4 nitrogen and oxygen atoms in total. The summed E-state index contributed by atoms with van der Waals surface area (Å²) in [7, 11) is 2.17. The molecular weight excluding hydrogens is 238 g/mol. The molecule has 0 aromatic rings. The number of hydrogen-bond donors (Lipinski definition) is 2. The highest BCUT2D eigenvalue weighted by Gasteiger charge is 2.32. The maximum Gasteiger partial charge on any atom is 0.221 e. The Kier molecular flexibility index (Phi) is 5.39. The van der Waals surface area contributed by atoms with Crippen LogP contribution in [0.1, 0.15) is 47.0 Å². The highest BCUT2D eigenvalue weighted by atomic mass is 16.1. The van der Waals surface area contributed by atoms with Crippen LogP contribution in [-0.4, -0.2) is 43.0 Å². The van der Waals surface area contributed by atoms with Crippen molar-refractivity contribution in [1.82, 2.24) is 10.2 Å². The van der Waals surface area contributed by atoms with E-state index in [1.165, 1.54) is 12.8 Å². The average molecular weight is 269 g/mol. The number of carbonyl (C=O) groups excluding carboxylic acids is 1. The fourth-order valence-electron chi connectivity index (χ4n) is 2.74. The maximum absolute atomic E-state index is 11.8. The quantitative estimate of drug-likeness (QED) is 0.797. The zero-order valence-corrected chi connectivity index (χ0v) is 13.3. The highest BCUT2D eigenvalue weighted by Crippen LogP contribution is 2.34. The maximum atomic E-state index is 11.8. The predicted octanol–water partition coefficient (Wildman–Crippen LogP) is 1.60. The SMILES string of the molecule is CN1CCC(C(C)(C)CNC(=O)CC(C)(C)N)CC1. The van der Waals surface area contributed by atoms with E-state index < -0.39 is 5.54 Å². The van der Waals surface area contributed by atoms with E-state index in [4.69, 9.17) is 5.73 Å². The largest absolute Gasteiger partial charge is 0.355 e. The van der Waals surface area contributed by atoms with E-state index in [1.807, 2.05) is 13.8 Å². The van der Waals surface area contributed by atoms with E-state index >= 15 is 0 Å². The zero-order chi connectivity index (χ0) is 14.7. The number of nitrogens with one attached hydrogen (secondary N) is 1. The number of nitrogens with zero attached hydrogens (tertiary/aromatic N) is 1. The van der Waals surface area contributed by atoms with Crippen molar-refractivity contribution < 1.29 is 4.79 Å². The van der Waals surface area contributed by atoms with Crippen LogP contribution in [0.4, 0.5) is 0 Å². The summed E-state index contributed by atoms with van der Waals surface area (Å²) in [6.45, 7) is 11.4. The first-order valence-corrected chi connectivity index (χ1v) is 7.34. The number of rotatable bonds is 5. The third-order valence-corrected chi connectivity index (χ3v) is 4.18. The number of nitrogens with two attached hydrogens (primary N) is 1. The fourth-order valence-corrected chi connectivity index (χ4v) is 2.74. The van der Waals surface area contributed by atoms with E-state index in [0.717, 1.165) is 19.6 Å². The summed E-state index contributed by atoms with van der Waals surface area (Å²) in [5, 5.41) is 3.06. The third kappa shape index (κ3) is 5.91. The number of amides is 1. The number of hydrogen-bond acceptors (Lipinski definition) is 3. The van der Waals surface area contributed by atoms with Crippen molar-refractivity contribution in [2.45, 2.75) is 52.5 Å². The van der Waals surface area contributed by atoms with Crippen molar-refractivity contribution in [3.8, 4) is 0 Å². The minimum atomic E-state index is -0.429. The average Bonchev–Trinajstić information content (AvgIpc) is 2.25. The van der Waals surface area contributed by atoms with Gasteiger partial charge in [-0.3, -0.25) is 4.79 Å². The van der Waals surface area contributed by atoms with Crippen LogP contribution < -0.4 is 11.1 Å². The summed E-state index contributed by atoms with van der Waals surface area (Å²) in [5.41, 5.74) is 5.60. The molecule has 4 heteroatoms. The van der Waals surface area contributed by atoms with Gasteiger partial charge in [0.1, 0.15) is 0 Å². The van der Waals surface area contributed by atoms with Gasteiger partial charge in [-0.2, -0.15) is 0 Å². The molecular formula is C15H31N3O. The van der Waals surface area contributed by atoms with Crippen LogP contribution in [-0.2, 0) is 4.79 Å². The molecule has 1 rings (SSSR count). The normalized spacial score (nSPS) is 19.5. The Morgan fingerprint density at radius 2 is 1.79 bits per heavy atom. The lowest BCUT2D eigenvalue weighted by atomic mass is 9.73. The molecule has 0 atom stereocenters. The molecule has 0 saturated carbocycles. The Hall–Kier alpha value is -0.610. The molecule has 0 aliphatic carbocycles. The lowest BCUT2D eigenvalue weighted by molar-refractivity contribution is -0.122. The van der Waals surface area contributed by atoms with Crippen LogP contribution in [0.5, 0.6) is 0 Å². The molecule has 1 aliphatic heterocycles. The Balaban J connectivity index is 2.40. The van der Waals surface area contributed by atoms with Gasteiger partial charge in [0.05, 0.1) is 0 Å². The molecule has 3 N–H and O–H groups in total. The fraction of sp³-hybridized carbons (Fsp3) is 0.933. The Labute approximate surface area is 118 Å². The van der Waals surface area contributed by atoms with E-state index in [2.05, 4.69) is 31.1 Å². The van der Waals surface area contributed by atoms with Crippen molar-refractivity contribution in [2.24, 2.45) is 17.1 Å². The molecule has 1 fully saturated rings. The molecule has 0 unspecified atom stereocenters. The minimum absolute atomic E-state index is 0.0634. The first-order valence-electron chi connectivity index (χ1n) is 7.34. The second-order valence-electron chi connectivity index (χ2n) is 7.51. The van der Waals surface area contributed by atoms with Crippen LogP contribution in [0, 0.1) is 11.3 Å².